The lowest BCUT2D eigenvalue weighted by molar-refractivity contribution is 1.04. The fraction of sp³-hybridized carbons (Fsp3) is 0.0714. The molecule has 0 aliphatic rings. The number of para-hydroxylation sites is 1. The molecule has 0 amide bonds. The first kappa shape index (κ1) is 10.5. The van der Waals surface area contributed by atoms with Crippen LogP contribution < -0.4 is 0 Å². The van der Waals surface area contributed by atoms with Gasteiger partial charge < -0.3 is 0 Å². The third-order valence-corrected chi connectivity index (χ3v) is 3.71. The largest absolute Gasteiger partial charge is 0.299 e. The lowest BCUT2D eigenvalue weighted by Gasteiger charge is -1.99. The Morgan fingerprint density at radius 2 is 2.12 bits per heavy atom. The molecule has 1 aromatic carbocycles. The first-order chi connectivity index (χ1) is 8.31. The maximum Gasteiger partial charge on any atom is 0.0999 e. The van der Waals surface area contributed by atoms with Crippen LogP contribution >= 0.6 is 15.9 Å². The van der Waals surface area contributed by atoms with E-state index in [4.69, 9.17) is 0 Å². The Hall–Kier alpha value is -1.61. The second-order valence-electron chi connectivity index (χ2n) is 3.96. The van der Waals surface area contributed by atoms with E-state index < -0.39 is 0 Å². The highest BCUT2D eigenvalue weighted by atomic mass is 79.9. The van der Waals surface area contributed by atoms with Crippen molar-refractivity contribution in [3.05, 3.63) is 59.5 Å². The first-order valence-corrected chi connectivity index (χ1v) is 6.24. The summed E-state index contributed by atoms with van der Waals surface area (Å²) in [5.41, 5.74) is 3.36. The van der Waals surface area contributed by atoms with Crippen molar-refractivity contribution in [3.8, 4) is 0 Å². The summed E-state index contributed by atoms with van der Waals surface area (Å²) >= 11 is 3.66. The quantitative estimate of drug-likeness (QED) is 0.652. The molecule has 2 heterocycles. The summed E-state index contributed by atoms with van der Waals surface area (Å²) in [6, 6.07) is 10.4. The molecule has 2 nitrogen and oxygen atoms in total. The first-order valence-electron chi connectivity index (χ1n) is 5.45. The molecule has 0 radical (unpaired) electrons. The van der Waals surface area contributed by atoms with Gasteiger partial charge in [0, 0.05) is 17.5 Å². The summed E-state index contributed by atoms with van der Waals surface area (Å²) in [7, 11) is 0. The number of benzene rings is 1. The summed E-state index contributed by atoms with van der Waals surface area (Å²) in [5.74, 6) is 0. The monoisotopic (exact) mass is 286 g/mol. The highest BCUT2D eigenvalue weighted by Gasteiger charge is 2.09. The van der Waals surface area contributed by atoms with E-state index in [0.29, 0.717) is 0 Å². The summed E-state index contributed by atoms with van der Waals surface area (Å²) in [6.07, 6.45) is 4.54. The molecule has 0 bridgehead atoms. The lowest BCUT2D eigenvalue weighted by atomic mass is 10.2. The average Bonchev–Trinajstić information content (AvgIpc) is 2.65. The summed E-state index contributed by atoms with van der Waals surface area (Å²) in [4.78, 5) is 4.43. The van der Waals surface area contributed by atoms with Crippen molar-refractivity contribution < 1.29 is 0 Å². The highest BCUT2D eigenvalue weighted by molar-refractivity contribution is 9.10. The predicted octanol–water partition coefficient (Wildman–Crippen LogP) is 3.98. The van der Waals surface area contributed by atoms with E-state index in [1.165, 1.54) is 10.9 Å². The SMILES string of the molecule is C=CCc1cc2c(Br)c3ccccc3n2cn1. The molecular formula is C14H11BrN2. The molecule has 84 valence electrons. The van der Waals surface area contributed by atoms with Gasteiger partial charge in [-0.05, 0) is 28.1 Å². The molecule has 0 atom stereocenters. The molecule has 0 spiro atoms. The van der Waals surface area contributed by atoms with Gasteiger partial charge in [0.2, 0.25) is 0 Å². The Balaban J connectivity index is 2.40. The number of hydrogen-bond acceptors (Lipinski definition) is 1. The minimum atomic E-state index is 0.796. The van der Waals surface area contributed by atoms with Gasteiger partial charge in [0.05, 0.1) is 21.8 Å². The van der Waals surface area contributed by atoms with Crippen molar-refractivity contribution in [1.29, 1.82) is 0 Å². The Kier molecular flexibility index (Phi) is 2.48. The Labute approximate surface area is 108 Å². The van der Waals surface area contributed by atoms with E-state index in [0.717, 1.165) is 22.1 Å². The Morgan fingerprint density at radius 1 is 1.29 bits per heavy atom. The second kappa shape index (κ2) is 4.00. The predicted molar refractivity (Wildman–Crippen MR) is 74.3 cm³/mol. The van der Waals surface area contributed by atoms with Crippen LogP contribution in [0, 0.1) is 0 Å². The number of rotatable bonds is 2. The molecule has 0 aliphatic heterocycles. The van der Waals surface area contributed by atoms with Crippen molar-refractivity contribution >= 4 is 32.3 Å². The summed E-state index contributed by atoms with van der Waals surface area (Å²) < 4.78 is 3.23. The minimum Gasteiger partial charge on any atom is -0.299 e. The van der Waals surface area contributed by atoms with E-state index in [9.17, 15) is 0 Å². The van der Waals surface area contributed by atoms with Gasteiger partial charge in [-0.15, -0.1) is 6.58 Å². The number of hydrogen-bond donors (Lipinski definition) is 0. The van der Waals surface area contributed by atoms with Crippen molar-refractivity contribution in [3.63, 3.8) is 0 Å². The van der Waals surface area contributed by atoms with Crippen molar-refractivity contribution in [1.82, 2.24) is 9.38 Å². The van der Waals surface area contributed by atoms with Gasteiger partial charge in [0.1, 0.15) is 0 Å². The van der Waals surface area contributed by atoms with E-state index in [2.05, 4.69) is 50.1 Å². The van der Waals surface area contributed by atoms with Crippen LogP contribution in [0.3, 0.4) is 0 Å². The Morgan fingerprint density at radius 3 is 2.94 bits per heavy atom. The zero-order chi connectivity index (χ0) is 11.8. The maximum atomic E-state index is 4.43. The number of nitrogens with zero attached hydrogens (tertiary/aromatic N) is 2. The van der Waals surface area contributed by atoms with Gasteiger partial charge >= 0.3 is 0 Å². The summed E-state index contributed by atoms with van der Waals surface area (Å²) in [5, 5.41) is 1.21. The second-order valence-corrected chi connectivity index (χ2v) is 4.75. The summed E-state index contributed by atoms with van der Waals surface area (Å²) in [6.45, 7) is 3.74. The van der Waals surface area contributed by atoms with Crippen molar-refractivity contribution in [2.24, 2.45) is 0 Å². The van der Waals surface area contributed by atoms with Crippen molar-refractivity contribution in [2.45, 2.75) is 6.42 Å². The zero-order valence-electron chi connectivity index (χ0n) is 9.23. The van der Waals surface area contributed by atoms with Gasteiger partial charge in [-0.2, -0.15) is 0 Å². The number of allylic oxidation sites excluding steroid dienone is 1. The van der Waals surface area contributed by atoms with E-state index >= 15 is 0 Å². The number of aromatic nitrogens is 2. The maximum absolute atomic E-state index is 4.43. The van der Waals surface area contributed by atoms with Crippen LogP contribution in [-0.4, -0.2) is 9.38 Å². The van der Waals surface area contributed by atoms with Crippen LogP contribution in [0.15, 0.2) is 53.8 Å². The molecule has 2 aromatic heterocycles. The van der Waals surface area contributed by atoms with Crippen LogP contribution in [0.1, 0.15) is 5.69 Å². The number of fused-ring (bicyclic) bond motifs is 3. The van der Waals surface area contributed by atoms with E-state index in [1.807, 2.05) is 24.5 Å². The standard InChI is InChI=1S/C14H11BrN2/c1-2-5-10-8-13-14(15)11-6-3-4-7-12(11)17(13)9-16-10/h2-4,6-9H,1,5H2. The molecule has 3 heteroatoms. The fourth-order valence-corrected chi connectivity index (χ4v) is 2.73. The molecular weight excluding hydrogens is 276 g/mol. The smallest absolute Gasteiger partial charge is 0.0999 e. The third-order valence-electron chi connectivity index (χ3n) is 2.88. The molecule has 0 saturated carbocycles. The van der Waals surface area contributed by atoms with E-state index in [-0.39, 0.29) is 0 Å². The van der Waals surface area contributed by atoms with Gasteiger partial charge in [-0.3, -0.25) is 4.40 Å². The van der Waals surface area contributed by atoms with Crippen molar-refractivity contribution in [2.75, 3.05) is 0 Å². The topological polar surface area (TPSA) is 17.3 Å². The third kappa shape index (κ3) is 1.58. The van der Waals surface area contributed by atoms with Crippen LogP contribution in [0.4, 0.5) is 0 Å². The molecule has 3 aromatic rings. The molecule has 17 heavy (non-hydrogen) atoms. The lowest BCUT2D eigenvalue weighted by Crippen LogP contribution is -1.92. The van der Waals surface area contributed by atoms with Crippen LogP contribution in [0.5, 0.6) is 0 Å². The minimum absolute atomic E-state index is 0.796. The number of halogens is 1. The van der Waals surface area contributed by atoms with E-state index in [1.54, 1.807) is 0 Å². The Bertz CT molecular complexity index is 713. The normalized spacial score (nSPS) is 11.1. The molecule has 0 N–H and O–H groups in total. The molecule has 0 aliphatic carbocycles. The van der Waals surface area contributed by atoms with Gasteiger partial charge in [0.15, 0.2) is 0 Å². The van der Waals surface area contributed by atoms with Gasteiger partial charge in [-0.25, -0.2) is 4.98 Å². The molecule has 3 rings (SSSR count). The fourth-order valence-electron chi connectivity index (χ4n) is 2.09. The van der Waals surface area contributed by atoms with Gasteiger partial charge in [-0.1, -0.05) is 24.3 Å². The van der Waals surface area contributed by atoms with Crippen LogP contribution in [-0.2, 0) is 6.42 Å². The zero-order valence-corrected chi connectivity index (χ0v) is 10.8. The molecule has 0 fully saturated rings. The van der Waals surface area contributed by atoms with Gasteiger partial charge in [0.25, 0.3) is 0 Å². The molecule has 0 unspecified atom stereocenters. The van der Waals surface area contributed by atoms with Crippen LogP contribution in [0.25, 0.3) is 16.4 Å². The average molecular weight is 287 g/mol. The highest BCUT2D eigenvalue weighted by Crippen LogP contribution is 2.31. The molecule has 0 saturated heterocycles. The van der Waals surface area contributed by atoms with Crippen LogP contribution in [0.2, 0.25) is 0 Å².